The van der Waals surface area contributed by atoms with Crippen LogP contribution in [0.15, 0.2) is 35.2 Å². The van der Waals surface area contributed by atoms with Gasteiger partial charge in [-0.3, -0.25) is 0 Å². The van der Waals surface area contributed by atoms with E-state index in [2.05, 4.69) is 0 Å². The number of hydrogen-bond acceptors (Lipinski definition) is 4. The second kappa shape index (κ2) is 6.12. The van der Waals surface area contributed by atoms with E-state index in [0.29, 0.717) is 11.5 Å². The van der Waals surface area contributed by atoms with Crippen molar-refractivity contribution < 1.29 is 14.6 Å². The number of aryl methyl sites for hydroxylation is 1. The van der Waals surface area contributed by atoms with E-state index in [1.807, 2.05) is 37.4 Å². The quantitative estimate of drug-likeness (QED) is 0.845. The molecule has 19 heavy (non-hydrogen) atoms. The SMILES string of the molecule is CSc1ccc(OCc2cc(C(=O)O)sc2C)cc1. The molecule has 2 aromatic rings. The highest BCUT2D eigenvalue weighted by molar-refractivity contribution is 7.98. The Bertz CT molecular complexity index is 573. The van der Waals surface area contributed by atoms with E-state index in [1.54, 1.807) is 17.8 Å². The molecule has 0 bridgehead atoms. The lowest BCUT2D eigenvalue weighted by Crippen LogP contribution is -1.96. The Morgan fingerprint density at radius 3 is 2.58 bits per heavy atom. The molecule has 0 unspecified atom stereocenters. The van der Waals surface area contributed by atoms with Gasteiger partial charge in [-0.2, -0.15) is 0 Å². The normalized spacial score (nSPS) is 10.4. The first kappa shape index (κ1) is 14.0. The minimum atomic E-state index is -0.885. The van der Waals surface area contributed by atoms with Crippen LogP contribution in [-0.2, 0) is 6.61 Å². The van der Waals surface area contributed by atoms with Crippen LogP contribution < -0.4 is 4.74 Å². The fourth-order valence-electron chi connectivity index (χ4n) is 1.60. The molecule has 0 radical (unpaired) electrons. The van der Waals surface area contributed by atoms with E-state index in [9.17, 15) is 4.79 Å². The first-order valence-electron chi connectivity index (χ1n) is 5.69. The Morgan fingerprint density at radius 1 is 1.37 bits per heavy atom. The highest BCUT2D eigenvalue weighted by Gasteiger charge is 2.11. The number of carboxylic acids is 1. The van der Waals surface area contributed by atoms with Crippen molar-refractivity contribution in [3.8, 4) is 5.75 Å². The highest BCUT2D eigenvalue weighted by Crippen LogP contribution is 2.24. The van der Waals surface area contributed by atoms with Gasteiger partial charge in [-0.1, -0.05) is 0 Å². The third-order valence-electron chi connectivity index (χ3n) is 2.69. The molecule has 0 aliphatic carbocycles. The lowest BCUT2D eigenvalue weighted by molar-refractivity contribution is 0.0702. The van der Waals surface area contributed by atoms with E-state index in [1.165, 1.54) is 16.2 Å². The van der Waals surface area contributed by atoms with Crippen LogP contribution in [0.3, 0.4) is 0 Å². The first-order chi connectivity index (χ1) is 9.10. The maximum absolute atomic E-state index is 10.9. The topological polar surface area (TPSA) is 46.5 Å². The number of thiophene rings is 1. The van der Waals surface area contributed by atoms with Gasteiger partial charge in [0.1, 0.15) is 17.2 Å². The van der Waals surface area contributed by atoms with E-state index >= 15 is 0 Å². The summed E-state index contributed by atoms with van der Waals surface area (Å²) >= 11 is 2.96. The molecule has 100 valence electrons. The van der Waals surface area contributed by atoms with Gasteiger partial charge in [-0.15, -0.1) is 23.1 Å². The number of rotatable bonds is 5. The van der Waals surface area contributed by atoms with Gasteiger partial charge in [0.25, 0.3) is 0 Å². The summed E-state index contributed by atoms with van der Waals surface area (Å²) in [5, 5.41) is 8.93. The summed E-state index contributed by atoms with van der Waals surface area (Å²) in [6.07, 6.45) is 2.03. The molecule has 0 saturated heterocycles. The maximum atomic E-state index is 10.9. The summed E-state index contributed by atoms with van der Waals surface area (Å²) in [7, 11) is 0. The minimum absolute atomic E-state index is 0.355. The molecule has 0 saturated carbocycles. The van der Waals surface area contributed by atoms with Crippen LogP contribution in [0.1, 0.15) is 20.1 Å². The lowest BCUT2D eigenvalue weighted by atomic mass is 10.2. The maximum Gasteiger partial charge on any atom is 0.345 e. The summed E-state index contributed by atoms with van der Waals surface area (Å²) in [5.41, 5.74) is 0.927. The zero-order chi connectivity index (χ0) is 13.8. The highest BCUT2D eigenvalue weighted by atomic mass is 32.2. The fourth-order valence-corrected chi connectivity index (χ4v) is 2.88. The largest absolute Gasteiger partial charge is 0.489 e. The molecule has 3 nitrogen and oxygen atoms in total. The lowest BCUT2D eigenvalue weighted by Gasteiger charge is -2.06. The fraction of sp³-hybridized carbons (Fsp3) is 0.214. The van der Waals surface area contributed by atoms with Crippen molar-refractivity contribution in [1.29, 1.82) is 0 Å². The summed E-state index contributed by atoms with van der Waals surface area (Å²) < 4.78 is 5.67. The minimum Gasteiger partial charge on any atom is -0.489 e. The van der Waals surface area contributed by atoms with Gasteiger partial charge in [-0.05, 0) is 43.5 Å². The summed E-state index contributed by atoms with van der Waals surface area (Å²) in [6, 6.07) is 9.53. The van der Waals surface area contributed by atoms with Crippen LogP contribution >= 0.6 is 23.1 Å². The van der Waals surface area contributed by atoms with E-state index in [4.69, 9.17) is 9.84 Å². The summed E-state index contributed by atoms with van der Waals surface area (Å²) in [4.78, 5) is 13.4. The van der Waals surface area contributed by atoms with Crippen molar-refractivity contribution in [1.82, 2.24) is 0 Å². The van der Waals surface area contributed by atoms with Gasteiger partial charge < -0.3 is 9.84 Å². The van der Waals surface area contributed by atoms with Gasteiger partial charge >= 0.3 is 5.97 Å². The zero-order valence-corrected chi connectivity index (χ0v) is 12.3. The number of carboxylic acid groups (broad SMARTS) is 1. The van der Waals surface area contributed by atoms with E-state index in [0.717, 1.165) is 16.2 Å². The number of carbonyl (C=O) groups is 1. The predicted octanol–water partition coefficient (Wildman–Crippen LogP) is 4.06. The van der Waals surface area contributed by atoms with Crippen molar-refractivity contribution >= 4 is 29.1 Å². The van der Waals surface area contributed by atoms with E-state index in [-0.39, 0.29) is 0 Å². The number of ether oxygens (including phenoxy) is 1. The van der Waals surface area contributed by atoms with Gasteiger partial charge in [0.15, 0.2) is 0 Å². The number of aromatic carboxylic acids is 1. The Hall–Kier alpha value is -1.46. The second-order valence-electron chi connectivity index (χ2n) is 3.96. The summed E-state index contributed by atoms with van der Waals surface area (Å²) in [6.45, 7) is 2.31. The molecule has 1 aromatic heterocycles. The van der Waals surface area contributed by atoms with Crippen LogP contribution in [-0.4, -0.2) is 17.3 Å². The van der Waals surface area contributed by atoms with Gasteiger partial charge in [0.2, 0.25) is 0 Å². The third kappa shape index (κ3) is 3.52. The molecular weight excluding hydrogens is 280 g/mol. The van der Waals surface area contributed by atoms with Crippen molar-refractivity contribution in [2.75, 3.05) is 6.26 Å². The predicted molar refractivity (Wildman–Crippen MR) is 78.6 cm³/mol. The van der Waals surface area contributed by atoms with Gasteiger partial charge in [-0.25, -0.2) is 4.79 Å². The van der Waals surface area contributed by atoms with Crippen LogP contribution in [0.2, 0.25) is 0 Å². The Kier molecular flexibility index (Phi) is 4.50. The second-order valence-corrected chi connectivity index (χ2v) is 6.10. The Morgan fingerprint density at radius 2 is 2.05 bits per heavy atom. The van der Waals surface area contributed by atoms with E-state index < -0.39 is 5.97 Å². The van der Waals surface area contributed by atoms with Crippen LogP contribution in [0.4, 0.5) is 0 Å². The molecular formula is C14H14O3S2. The smallest absolute Gasteiger partial charge is 0.345 e. The van der Waals surface area contributed by atoms with Gasteiger partial charge in [0, 0.05) is 15.3 Å². The standard InChI is InChI=1S/C14H14O3S2/c1-9-10(7-13(19-9)14(15)16)8-17-11-3-5-12(18-2)6-4-11/h3-7H,8H2,1-2H3,(H,15,16). The molecule has 0 aliphatic rings. The molecule has 5 heteroatoms. The first-order valence-corrected chi connectivity index (χ1v) is 7.73. The Balaban J connectivity index is 2.03. The van der Waals surface area contributed by atoms with Crippen LogP contribution in [0.25, 0.3) is 0 Å². The molecule has 0 aliphatic heterocycles. The van der Waals surface area contributed by atoms with Crippen molar-refractivity contribution in [3.63, 3.8) is 0 Å². The average Bonchev–Trinajstić information content (AvgIpc) is 2.79. The molecule has 0 atom stereocenters. The number of benzene rings is 1. The summed E-state index contributed by atoms with van der Waals surface area (Å²) in [5.74, 6) is -0.0936. The molecule has 2 rings (SSSR count). The zero-order valence-electron chi connectivity index (χ0n) is 10.7. The monoisotopic (exact) mass is 294 g/mol. The molecule has 0 amide bonds. The Labute approximate surface area is 120 Å². The average molecular weight is 294 g/mol. The molecule has 1 N–H and O–H groups in total. The molecule has 1 aromatic carbocycles. The van der Waals surface area contributed by atoms with Gasteiger partial charge in [0.05, 0.1) is 0 Å². The molecule has 0 fully saturated rings. The van der Waals surface area contributed by atoms with Crippen LogP contribution in [0.5, 0.6) is 5.75 Å². The van der Waals surface area contributed by atoms with Crippen LogP contribution in [0, 0.1) is 6.92 Å². The van der Waals surface area contributed by atoms with Crippen molar-refractivity contribution in [2.45, 2.75) is 18.4 Å². The van der Waals surface area contributed by atoms with Crippen molar-refractivity contribution in [3.05, 3.63) is 45.6 Å². The van der Waals surface area contributed by atoms with Crippen molar-refractivity contribution in [2.24, 2.45) is 0 Å². The third-order valence-corrected chi connectivity index (χ3v) is 4.51. The number of thioether (sulfide) groups is 1. The molecule has 0 spiro atoms. The number of hydrogen-bond donors (Lipinski definition) is 1. The molecule has 1 heterocycles.